The van der Waals surface area contributed by atoms with Gasteiger partial charge < -0.3 is 15.4 Å². The Kier molecular flexibility index (Phi) is 7.21. The third-order valence-electron chi connectivity index (χ3n) is 3.76. The first kappa shape index (κ1) is 20.0. The standard InChI is InChI=1S/C20H23BrN2O3/c1-4-26-17-11-6-5-10-16(17)19(24)23-18(13(2)3)20(25)22-15-9-7-8-14(21)12-15/h5-13,18H,4H2,1-3H3,(H,22,25)(H,23,24)/t18-/m0/s1. The second kappa shape index (κ2) is 9.38. The zero-order valence-electron chi connectivity index (χ0n) is 15.1. The molecule has 6 heteroatoms. The summed E-state index contributed by atoms with van der Waals surface area (Å²) in [4.78, 5) is 25.4. The molecule has 0 radical (unpaired) electrons. The van der Waals surface area contributed by atoms with Crippen LogP contribution in [0.15, 0.2) is 53.0 Å². The molecule has 0 bridgehead atoms. The third kappa shape index (κ3) is 5.33. The van der Waals surface area contributed by atoms with Crippen molar-refractivity contribution in [2.24, 2.45) is 5.92 Å². The smallest absolute Gasteiger partial charge is 0.255 e. The maximum absolute atomic E-state index is 12.7. The van der Waals surface area contributed by atoms with E-state index in [1.165, 1.54) is 0 Å². The maximum Gasteiger partial charge on any atom is 0.255 e. The van der Waals surface area contributed by atoms with E-state index in [4.69, 9.17) is 4.74 Å². The number of halogens is 1. The van der Waals surface area contributed by atoms with Gasteiger partial charge in [0, 0.05) is 10.2 Å². The fourth-order valence-electron chi connectivity index (χ4n) is 2.48. The highest BCUT2D eigenvalue weighted by Gasteiger charge is 2.26. The van der Waals surface area contributed by atoms with Gasteiger partial charge in [0.2, 0.25) is 5.91 Å². The fourth-order valence-corrected chi connectivity index (χ4v) is 2.88. The van der Waals surface area contributed by atoms with Crippen LogP contribution in [0.3, 0.4) is 0 Å². The van der Waals surface area contributed by atoms with Crippen LogP contribution in [-0.2, 0) is 4.79 Å². The lowest BCUT2D eigenvalue weighted by molar-refractivity contribution is -0.118. The van der Waals surface area contributed by atoms with Gasteiger partial charge in [-0.15, -0.1) is 0 Å². The number of anilines is 1. The average molecular weight is 419 g/mol. The molecule has 0 heterocycles. The number of nitrogens with one attached hydrogen (secondary N) is 2. The number of ether oxygens (including phenoxy) is 1. The average Bonchev–Trinajstić information content (AvgIpc) is 2.60. The highest BCUT2D eigenvalue weighted by molar-refractivity contribution is 9.10. The van der Waals surface area contributed by atoms with E-state index < -0.39 is 6.04 Å². The number of hydrogen-bond donors (Lipinski definition) is 2. The number of rotatable bonds is 7. The van der Waals surface area contributed by atoms with E-state index in [1.54, 1.807) is 24.3 Å². The van der Waals surface area contributed by atoms with Gasteiger partial charge in [0.1, 0.15) is 11.8 Å². The molecule has 0 saturated carbocycles. The molecule has 0 spiro atoms. The fraction of sp³-hybridized carbons (Fsp3) is 0.300. The summed E-state index contributed by atoms with van der Waals surface area (Å²) in [5.41, 5.74) is 1.08. The highest BCUT2D eigenvalue weighted by atomic mass is 79.9. The van der Waals surface area contributed by atoms with Crippen LogP contribution in [0.5, 0.6) is 5.75 Å². The van der Waals surface area contributed by atoms with Crippen LogP contribution < -0.4 is 15.4 Å². The van der Waals surface area contributed by atoms with Crippen molar-refractivity contribution in [1.29, 1.82) is 0 Å². The topological polar surface area (TPSA) is 67.4 Å². The lowest BCUT2D eigenvalue weighted by Crippen LogP contribution is -2.47. The molecule has 26 heavy (non-hydrogen) atoms. The van der Waals surface area contributed by atoms with Crippen LogP contribution >= 0.6 is 15.9 Å². The normalized spacial score (nSPS) is 11.7. The number of amides is 2. The van der Waals surface area contributed by atoms with Crippen molar-refractivity contribution >= 4 is 33.4 Å². The molecule has 0 aliphatic rings. The van der Waals surface area contributed by atoms with Gasteiger partial charge in [-0.3, -0.25) is 9.59 Å². The van der Waals surface area contributed by atoms with Gasteiger partial charge in [0.05, 0.1) is 12.2 Å². The Morgan fingerprint density at radius 3 is 2.50 bits per heavy atom. The molecule has 0 aliphatic heterocycles. The summed E-state index contributed by atoms with van der Waals surface area (Å²) >= 11 is 3.38. The molecular formula is C20H23BrN2O3. The maximum atomic E-state index is 12.7. The molecule has 2 N–H and O–H groups in total. The predicted molar refractivity (Wildman–Crippen MR) is 106 cm³/mol. The van der Waals surface area contributed by atoms with Gasteiger partial charge in [0.25, 0.3) is 5.91 Å². The molecule has 2 rings (SSSR count). The van der Waals surface area contributed by atoms with E-state index in [2.05, 4.69) is 26.6 Å². The molecule has 0 aromatic heterocycles. The number of hydrogen-bond acceptors (Lipinski definition) is 3. The SMILES string of the molecule is CCOc1ccccc1C(=O)N[C@H](C(=O)Nc1cccc(Br)c1)C(C)C. The van der Waals surface area contributed by atoms with Gasteiger partial charge in [-0.05, 0) is 43.2 Å². The number of para-hydroxylation sites is 1. The summed E-state index contributed by atoms with van der Waals surface area (Å²) in [5.74, 6) is -0.176. The zero-order valence-corrected chi connectivity index (χ0v) is 16.7. The Bertz CT molecular complexity index is 777. The van der Waals surface area contributed by atoms with Crippen molar-refractivity contribution in [3.05, 3.63) is 58.6 Å². The molecule has 2 aromatic rings. The van der Waals surface area contributed by atoms with Crippen LogP contribution in [-0.4, -0.2) is 24.5 Å². The quantitative estimate of drug-likeness (QED) is 0.706. The largest absolute Gasteiger partial charge is 0.493 e. The van der Waals surface area contributed by atoms with Crippen molar-refractivity contribution in [2.45, 2.75) is 26.8 Å². The molecule has 0 saturated heterocycles. The summed E-state index contributed by atoms with van der Waals surface area (Å²) in [7, 11) is 0. The van der Waals surface area contributed by atoms with Crippen LogP contribution in [0.4, 0.5) is 5.69 Å². The van der Waals surface area contributed by atoms with Crippen molar-refractivity contribution < 1.29 is 14.3 Å². The van der Waals surface area contributed by atoms with Gasteiger partial charge in [0.15, 0.2) is 0 Å². The van der Waals surface area contributed by atoms with E-state index in [-0.39, 0.29) is 17.7 Å². The Labute approximate surface area is 162 Å². The van der Waals surface area contributed by atoms with Crippen molar-refractivity contribution in [3.8, 4) is 5.75 Å². The van der Waals surface area contributed by atoms with Gasteiger partial charge in [-0.25, -0.2) is 0 Å². The minimum Gasteiger partial charge on any atom is -0.493 e. The summed E-state index contributed by atoms with van der Waals surface area (Å²) in [6.07, 6.45) is 0. The van der Waals surface area contributed by atoms with Crippen LogP contribution in [0, 0.1) is 5.92 Å². The van der Waals surface area contributed by atoms with Crippen molar-refractivity contribution in [1.82, 2.24) is 5.32 Å². The second-order valence-electron chi connectivity index (χ2n) is 6.12. The number of carbonyl (C=O) groups excluding carboxylic acids is 2. The Morgan fingerprint density at radius 1 is 1.12 bits per heavy atom. The molecular weight excluding hydrogens is 396 g/mol. The first-order valence-electron chi connectivity index (χ1n) is 8.51. The Balaban J connectivity index is 2.15. The molecule has 1 atom stereocenters. The number of carbonyl (C=O) groups is 2. The molecule has 0 aliphatic carbocycles. The lowest BCUT2D eigenvalue weighted by atomic mass is 10.0. The number of benzene rings is 2. The van der Waals surface area contributed by atoms with Crippen LogP contribution in [0.25, 0.3) is 0 Å². The molecule has 2 amide bonds. The third-order valence-corrected chi connectivity index (χ3v) is 4.25. The Morgan fingerprint density at radius 2 is 1.85 bits per heavy atom. The molecule has 5 nitrogen and oxygen atoms in total. The summed E-state index contributed by atoms with van der Waals surface area (Å²) in [6, 6.07) is 13.6. The molecule has 138 valence electrons. The van der Waals surface area contributed by atoms with Crippen molar-refractivity contribution in [3.63, 3.8) is 0 Å². The minimum atomic E-state index is -0.670. The van der Waals surface area contributed by atoms with Crippen LogP contribution in [0.2, 0.25) is 0 Å². The second-order valence-corrected chi connectivity index (χ2v) is 7.04. The predicted octanol–water partition coefficient (Wildman–Crippen LogP) is 4.24. The molecule has 2 aromatic carbocycles. The summed E-state index contributed by atoms with van der Waals surface area (Å²) < 4.78 is 6.37. The minimum absolute atomic E-state index is 0.0784. The van der Waals surface area contributed by atoms with E-state index in [1.807, 2.05) is 45.0 Å². The highest BCUT2D eigenvalue weighted by Crippen LogP contribution is 2.19. The first-order valence-corrected chi connectivity index (χ1v) is 9.30. The lowest BCUT2D eigenvalue weighted by Gasteiger charge is -2.22. The van der Waals surface area contributed by atoms with Gasteiger partial charge in [-0.1, -0.05) is 48.0 Å². The zero-order chi connectivity index (χ0) is 19.1. The first-order chi connectivity index (χ1) is 12.4. The molecule has 0 unspecified atom stereocenters. The summed E-state index contributed by atoms with van der Waals surface area (Å²) in [6.45, 7) is 6.10. The monoisotopic (exact) mass is 418 g/mol. The van der Waals surface area contributed by atoms with E-state index in [0.717, 1.165) is 4.47 Å². The van der Waals surface area contributed by atoms with Crippen molar-refractivity contribution in [2.75, 3.05) is 11.9 Å². The van der Waals surface area contributed by atoms with Gasteiger partial charge >= 0.3 is 0 Å². The van der Waals surface area contributed by atoms with E-state index in [9.17, 15) is 9.59 Å². The summed E-state index contributed by atoms with van der Waals surface area (Å²) in [5, 5.41) is 5.67. The Hall–Kier alpha value is -2.34. The van der Waals surface area contributed by atoms with Crippen LogP contribution in [0.1, 0.15) is 31.1 Å². The van der Waals surface area contributed by atoms with E-state index >= 15 is 0 Å². The van der Waals surface area contributed by atoms with E-state index in [0.29, 0.717) is 23.6 Å². The van der Waals surface area contributed by atoms with Gasteiger partial charge in [-0.2, -0.15) is 0 Å². The molecule has 0 fully saturated rings.